The Hall–Kier alpha value is -4.57. The highest BCUT2D eigenvalue weighted by molar-refractivity contribution is 6.04. The summed E-state index contributed by atoms with van der Waals surface area (Å²) in [5.74, 6) is -0.528. The minimum absolute atomic E-state index is 0.0868. The highest BCUT2D eigenvalue weighted by Gasteiger charge is 2.16. The molecule has 5 N–H and O–H groups in total. The summed E-state index contributed by atoms with van der Waals surface area (Å²) in [4.78, 5) is 32.1. The maximum Gasteiger partial charge on any atom is 0.273 e. The molecule has 10 nitrogen and oxygen atoms in total. The van der Waals surface area contributed by atoms with E-state index in [0.29, 0.717) is 22.6 Å². The average Bonchev–Trinajstić information content (AvgIpc) is 3.39. The van der Waals surface area contributed by atoms with Crippen LogP contribution in [0.25, 0.3) is 16.6 Å². The molecule has 39 heavy (non-hydrogen) atoms. The number of carbonyl (C=O) groups excluding carboxylic acids is 2. The van der Waals surface area contributed by atoms with E-state index in [1.54, 1.807) is 17.7 Å². The minimum atomic E-state index is -0.664. The Balaban J connectivity index is 0.000000239. The van der Waals surface area contributed by atoms with Crippen LogP contribution in [0, 0.1) is 17.0 Å². The van der Waals surface area contributed by atoms with Gasteiger partial charge in [0.2, 0.25) is 5.91 Å². The monoisotopic (exact) mass is 530 g/mol. The van der Waals surface area contributed by atoms with Gasteiger partial charge in [-0.25, -0.2) is 4.68 Å². The molecule has 5 rings (SSSR count). The van der Waals surface area contributed by atoms with Gasteiger partial charge >= 0.3 is 0 Å². The van der Waals surface area contributed by atoms with Crippen LogP contribution < -0.4 is 16.8 Å². The van der Waals surface area contributed by atoms with Gasteiger partial charge in [-0.2, -0.15) is 5.10 Å². The number of nitrogens with zero attached hydrogens (tertiary/aromatic N) is 3. The summed E-state index contributed by atoms with van der Waals surface area (Å²) in [7, 11) is 0. The van der Waals surface area contributed by atoms with Crippen LogP contribution in [0.5, 0.6) is 0 Å². The molecule has 0 bridgehead atoms. The second-order valence-corrected chi connectivity index (χ2v) is 8.94. The fraction of sp³-hybridized carbons (Fsp3) is 0.276. The first kappa shape index (κ1) is 29.0. The molecule has 204 valence electrons. The first-order chi connectivity index (χ1) is 18.7. The number of hydrogen-bond donors (Lipinski definition) is 3. The fourth-order valence-electron chi connectivity index (χ4n) is 4.37. The average molecular weight is 531 g/mol. The molecule has 2 amide bonds. The van der Waals surface area contributed by atoms with Crippen LogP contribution in [-0.4, -0.2) is 39.6 Å². The maximum absolute atomic E-state index is 11.5. The molecular formula is C29H34N6O4. The number of benzene rings is 3. The summed E-state index contributed by atoms with van der Waals surface area (Å²) in [6, 6.07) is 18.1. The zero-order valence-electron chi connectivity index (χ0n) is 22.4. The zero-order valence-corrected chi connectivity index (χ0v) is 22.4. The summed E-state index contributed by atoms with van der Waals surface area (Å²) in [5, 5.41) is 19.4. The number of nitrogens with two attached hydrogens (primary N) is 2. The summed E-state index contributed by atoms with van der Waals surface area (Å²) in [6.45, 7) is 7.77. The quantitative estimate of drug-likeness (QED) is 0.252. The molecule has 4 aromatic rings. The van der Waals surface area contributed by atoms with Crippen LogP contribution in [0.3, 0.4) is 0 Å². The van der Waals surface area contributed by atoms with Crippen molar-refractivity contribution in [1.29, 1.82) is 0 Å². The van der Waals surface area contributed by atoms with Crippen LogP contribution in [0.15, 0.2) is 66.9 Å². The van der Waals surface area contributed by atoms with Crippen LogP contribution in [0.4, 0.5) is 5.69 Å². The lowest BCUT2D eigenvalue weighted by Gasteiger charge is -2.23. The van der Waals surface area contributed by atoms with Crippen LogP contribution in [0.2, 0.25) is 0 Å². The molecule has 1 unspecified atom stereocenters. The molecule has 10 heteroatoms. The van der Waals surface area contributed by atoms with Crippen molar-refractivity contribution in [2.45, 2.75) is 39.5 Å². The van der Waals surface area contributed by atoms with Crippen LogP contribution in [-0.2, 0) is 0 Å². The Kier molecular flexibility index (Phi) is 9.88. The molecule has 1 saturated heterocycles. The predicted octanol–water partition coefficient (Wildman–Crippen LogP) is 4.62. The number of primary amides is 2. The fourth-order valence-corrected chi connectivity index (χ4v) is 4.37. The summed E-state index contributed by atoms with van der Waals surface area (Å²) in [5.41, 5.74) is 14.4. The van der Waals surface area contributed by atoms with Gasteiger partial charge in [-0.15, -0.1) is 0 Å². The van der Waals surface area contributed by atoms with Crippen molar-refractivity contribution < 1.29 is 14.5 Å². The lowest BCUT2D eigenvalue weighted by Crippen LogP contribution is -2.28. The Morgan fingerprint density at radius 2 is 1.77 bits per heavy atom. The van der Waals surface area contributed by atoms with Crippen LogP contribution in [0.1, 0.15) is 64.4 Å². The second kappa shape index (κ2) is 13.3. The van der Waals surface area contributed by atoms with Gasteiger partial charge in [-0.3, -0.25) is 19.7 Å². The lowest BCUT2D eigenvalue weighted by atomic mass is 9.92. The number of aryl methyl sites for hydroxylation is 1. The number of hydrogen-bond acceptors (Lipinski definition) is 6. The summed E-state index contributed by atoms with van der Waals surface area (Å²) >= 11 is 0. The summed E-state index contributed by atoms with van der Waals surface area (Å²) in [6.07, 6.45) is 4.39. The van der Waals surface area contributed by atoms with Gasteiger partial charge in [-0.1, -0.05) is 44.2 Å². The molecule has 1 atom stereocenters. The van der Waals surface area contributed by atoms with E-state index in [-0.39, 0.29) is 11.3 Å². The molecule has 1 fully saturated rings. The molecular weight excluding hydrogens is 496 g/mol. The van der Waals surface area contributed by atoms with Crippen LogP contribution >= 0.6 is 0 Å². The van der Waals surface area contributed by atoms with Crippen molar-refractivity contribution in [3.63, 3.8) is 0 Å². The van der Waals surface area contributed by atoms with E-state index in [0.717, 1.165) is 24.2 Å². The molecule has 1 aromatic heterocycles. The number of fused-ring (bicyclic) bond motifs is 1. The third-order valence-corrected chi connectivity index (χ3v) is 6.42. The standard InChI is InChI=1S/C19H20N4O.C8H8N2O3.C2H6/c20-19(24)17-5-1-3-15-12-23(22-18(15)17)16-8-6-13(7-9-16)14-4-2-10-21-11-14;1-5-2-3-6(8(9)11)4-7(5)10(12)13;1-2/h1,3,5-9,12,14,21H,2,4,10-11H2,(H2,20,24);2-4H,1H3,(H2,9,11);1-2H3. The molecule has 0 spiro atoms. The highest BCUT2D eigenvalue weighted by Crippen LogP contribution is 2.25. The normalized spacial score (nSPS) is 14.4. The minimum Gasteiger partial charge on any atom is -0.366 e. The van der Waals surface area contributed by atoms with Gasteiger partial charge in [0.1, 0.15) is 5.52 Å². The topological polar surface area (TPSA) is 159 Å². The molecule has 1 aliphatic heterocycles. The number of amides is 2. The molecule has 3 aromatic carbocycles. The molecule has 2 heterocycles. The van der Waals surface area contributed by atoms with Crippen molar-refractivity contribution in [2.24, 2.45) is 11.5 Å². The van der Waals surface area contributed by atoms with E-state index in [4.69, 9.17) is 11.5 Å². The number of carbonyl (C=O) groups is 2. The third-order valence-electron chi connectivity index (χ3n) is 6.42. The highest BCUT2D eigenvalue weighted by atomic mass is 16.6. The molecule has 0 radical (unpaired) electrons. The number of nitro benzene ring substituents is 1. The molecule has 0 saturated carbocycles. The Bertz CT molecular complexity index is 1460. The number of piperidine rings is 1. The van der Waals surface area contributed by atoms with Gasteiger partial charge in [-0.05, 0) is 62.1 Å². The number of nitrogens with one attached hydrogen (secondary N) is 1. The first-order valence-electron chi connectivity index (χ1n) is 12.9. The van der Waals surface area contributed by atoms with Gasteiger partial charge in [0.05, 0.1) is 16.2 Å². The Labute approximate surface area is 227 Å². The van der Waals surface area contributed by atoms with Crippen molar-refractivity contribution in [2.75, 3.05) is 13.1 Å². The summed E-state index contributed by atoms with van der Waals surface area (Å²) < 4.78 is 1.81. The van der Waals surface area contributed by atoms with E-state index >= 15 is 0 Å². The maximum atomic E-state index is 11.5. The second-order valence-electron chi connectivity index (χ2n) is 8.94. The number of nitro groups is 1. The third kappa shape index (κ3) is 7.05. The first-order valence-corrected chi connectivity index (χ1v) is 12.9. The number of aromatic nitrogens is 2. The van der Waals surface area contributed by atoms with Crippen molar-refractivity contribution in [3.05, 3.63) is 99.2 Å². The SMILES string of the molecule is CC.Cc1ccc(C(N)=O)cc1[N+](=O)[O-].NC(=O)c1cccc2cn(-c3ccc(C4CCCNC4)cc3)nc12. The Morgan fingerprint density at radius 1 is 1.05 bits per heavy atom. The van der Waals surface area contributed by atoms with Crippen molar-refractivity contribution in [3.8, 4) is 5.69 Å². The van der Waals surface area contributed by atoms with E-state index < -0.39 is 16.7 Å². The van der Waals surface area contributed by atoms with Gasteiger partial charge in [0, 0.05) is 35.3 Å². The predicted molar refractivity (Wildman–Crippen MR) is 152 cm³/mol. The largest absolute Gasteiger partial charge is 0.366 e. The van der Waals surface area contributed by atoms with E-state index in [1.165, 1.54) is 36.6 Å². The van der Waals surface area contributed by atoms with Crippen molar-refractivity contribution in [1.82, 2.24) is 15.1 Å². The van der Waals surface area contributed by atoms with E-state index in [9.17, 15) is 19.7 Å². The van der Waals surface area contributed by atoms with Gasteiger partial charge < -0.3 is 16.8 Å². The molecule has 0 aliphatic carbocycles. The van der Waals surface area contributed by atoms with Crippen molar-refractivity contribution >= 4 is 28.4 Å². The van der Waals surface area contributed by atoms with Gasteiger partial charge in [0.25, 0.3) is 11.6 Å². The Morgan fingerprint density at radius 3 is 2.36 bits per heavy atom. The van der Waals surface area contributed by atoms with E-state index in [1.807, 2.05) is 32.2 Å². The zero-order chi connectivity index (χ0) is 28.5. The smallest absolute Gasteiger partial charge is 0.273 e. The number of rotatable bonds is 5. The lowest BCUT2D eigenvalue weighted by molar-refractivity contribution is -0.385. The van der Waals surface area contributed by atoms with Gasteiger partial charge in [0.15, 0.2) is 0 Å². The molecule has 1 aliphatic rings. The van der Waals surface area contributed by atoms with E-state index in [2.05, 4.69) is 34.7 Å².